The van der Waals surface area contributed by atoms with E-state index in [1.165, 1.54) is 21.2 Å². The first kappa shape index (κ1) is 21.5. The molecule has 2 nitrogen and oxygen atoms in total. The van der Waals surface area contributed by atoms with Crippen molar-refractivity contribution >= 4 is 23.1 Å². The second-order valence-electron chi connectivity index (χ2n) is 6.47. The topological polar surface area (TPSA) is 3.24 Å². The average molecular weight is 441 g/mol. The van der Waals surface area contributed by atoms with Crippen LogP contribution < -0.4 is 21.9 Å². The van der Waals surface area contributed by atoms with Crippen molar-refractivity contribution in [3.05, 3.63) is 48.5 Å². The number of nitrogens with zero attached hydrogens (tertiary/aromatic N) is 2. The lowest BCUT2D eigenvalue weighted by atomic mass is 10.2. The molecule has 0 unspecified atom stereocenters. The van der Waals surface area contributed by atoms with Crippen molar-refractivity contribution in [2.45, 2.75) is 23.6 Å². The SMILES string of the molecule is C#CC[N+](CC)(CC)CC#CCN1c2ccccc2Sc2ccccc21.[Br-]. The van der Waals surface area contributed by atoms with Crippen molar-refractivity contribution in [3.63, 3.8) is 0 Å². The minimum Gasteiger partial charge on any atom is -1.00 e. The van der Waals surface area contributed by atoms with E-state index in [0.717, 1.165) is 30.7 Å². The van der Waals surface area contributed by atoms with Crippen LogP contribution in [0.15, 0.2) is 58.3 Å². The van der Waals surface area contributed by atoms with Crippen molar-refractivity contribution < 1.29 is 21.5 Å². The van der Waals surface area contributed by atoms with Crippen LogP contribution in [0.3, 0.4) is 0 Å². The fraction of sp³-hybridized carbons (Fsp3) is 0.304. The Morgan fingerprint density at radius 2 is 1.44 bits per heavy atom. The molecule has 0 aromatic heterocycles. The molecule has 0 radical (unpaired) electrons. The summed E-state index contributed by atoms with van der Waals surface area (Å²) >= 11 is 1.83. The summed E-state index contributed by atoms with van der Waals surface area (Å²) in [7, 11) is 0. The molecular weight excluding hydrogens is 416 g/mol. The molecule has 1 aliphatic heterocycles. The molecule has 0 spiro atoms. The Kier molecular flexibility index (Phi) is 7.87. The molecule has 1 aliphatic rings. The lowest BCUT2D eigenvalue weighted by Crippen LogP contribution is -3.00. The smallest absolute Gasteiger partial charge is 0.141 e. The first-order valence-corrected chi connectivity index (χ1v) is 9.92. The summed E-state index contributed by atoms with van der Waals surface area (Å²) in [4.78, 5) is 4.89. The fourth-order valence-corrected chi connectivity index (χ4v) is 4.33. The van der Waals surface area contributed by atoms with E-state index in [1.54, 1.807) is 0 Å². The number of rotatable bonds is 5. The maximum atomic E-state index is 5.57. The van der Waals surface area contributed by atoms with Gasteiger partial charge in [-0.15, -0.1) is 6.42 Å². The standard InChI is InChI=1S/C23H25N2S.BrH/c1-4-18-25(5-2,6-3)19-12-11-17-24-20-13-7-9-15-22(20)26-23-16-10-8-14-21(23)24;/h1,7-10,13-16H,5-6,17-19H2,2-3H3;1H/q+1;/p-1. The van der Waals surface area contributed by atoms with Gasteiger partial charge >= 0.3 is 0 Å². The number of halogens is 1. The molecule has 140 valence electrons. The molecule has 2 aromatic rings. The van der Waals surface area contributed by atoms with Gasteiger partial charge in [-0.1, -0.05) is 41.9 Å². The molecule has 0 amide bonds. The summed E-state index contributed by atoms with van der Waals surface area (Å²) in [6.07, 6.45) is 5.57. The zero-order valence-electron chi connectivity index (χ0n) is 15.9. The van der Waals surface area contributed by atoms with E-state index in [9.17, 15) is 0 Å². The van der Waals surface area contributed by atoms with Crippen LogP contribution in [0.2, 0.25) is 0 Å². The summed E-state index contributed by atoms with van der Waals surface area (Å²) in [5, 5.41) is 0. The number of terminal acetylenes is 1. The highest BCUT2D eigenvalue weighted by molar-refractivity contribution is 7.99. The maximum absolute atomic E-state index is 5.57. The molecule has 4 heteroatoms. The lowest BCUT2D eigenvalue weighted by molar-refractivity contribution is -0.911. The third-order valence-electron chi connectivity index (χ3n) is 5.08. The van der Waals surface area contributed by atoms with Crippen molar-refractivity contribution in [1.82, 2.24) is 0 Å². The van der Waals surface area contributed by atoms with Crippen molar-refractivity contribution in [2.24, 2.45) is 0 Å². The number of hydrogen-bond acceptors (Lipinski definition) is 2. The molecule has 2 aromatic carbocycles. The zero-order chi connectivity index (χ0) is 18.4. The Balaban J connectivity index is 0.00000261. The molecule has 0 saturated carbocycles. The molecule has 0 fully saturated rings. The van der Waals surface area contributed by atoms with Gasteiger partial charge in [0.15, 0.2) is 0 Å². The molecule has 3 rings (SSSR count). The van der Waals surface area contributed by atoms with Crippen LogP contribution in [-0.4, -0.2) is 37.2 Å². The van der Waals surface area contributed by atoms with E-state index in [-0.39, 0.29) is 17.0 Å². The molecule has 0 bridgehead atoms. The van der Waals surface area contributed by atoms with Gasteiger partial charge in [-0.3, -0.25) is 0 Å². The van der Waals surface area contributed by atoms with E-state index < -0.39 is 0 Å². The number of benzene rings is 2. The second-order valence-corrected chi connectivity index (χ2v) is 7.56. The molecule has 0 saturated heterocycles. The van der Waals surface area contributed by atoms with Gasteiger partial charge in [-0.25, -0.2) is 0 Å². The monoisotopic (exact) mass is 440 g/mol. The highest BCUT2D eigenvalue weighted by Gasteiger charge is 2.22. The van der Waals surface area contributed by atoms with Crippen molar-refractivity contribution in [3.8, 4) is 24.2 Å². The molecule has 1 heterocycles. The summed E-state index contributed by atoms with van der Waals surface area (Å²) in [6.45, 7) is 8.66. The predicted molar refractivity (Wildman–Crippen MR) is 112 cm³/mol. The van der Waals surface area contributed by atoms with Gasteiger partial charge in [-0.05, 0) is 50.0 Å². The summed E-state index contributed by atoms with van der Waals surface area (Å²) in [6, 6.07) is 17.1. The van der Waals surface area contributed by atoms with Gasteiger partial charge in [0, 0.05) is 9.79 Å². The fourth-order valence-electron chi connectivity index (χ4n) is 3.23. The molecular formula is C23H25BrN2S. The molecule has 0 N–H and O–H groups in total. The number of anilines is 2. The number of para-hydroxylation sites is 2. The average Bonchev–Trinajstić information content (AvgIpc) is 2.69. The third kappa shape index (κ3) is 4.71. The van der Waals surface area contributed by atoms with Gasteiger partial charge in [0.05, 0.1) is 31.0 Å². The van der Waals surface area contributed by atoms with Crippen LogP contribution in [0.1, 0.15) is 13.8 Å². The third-order valence-corrected chi connectivity index (χ3v) is 6.21. The van der Waals surface area contributed by atoms with Crippen LogP contribution in [0.25, 0.3) is 0 Å². The zero-order valence-corrected chi connectivity index (χ0v) is 18.3. The van der Waals surface area contributed by atoms with E-state index in [0.29, 0.717) is 6.54 Å². The van der Waals surface area contributed by atoms with Gasteiger partial charge in [-0.2, -0.15) is 0 Å². The van der Waals surface area contributed by atoms with Crippen LogP contribution >= 0.6 is 11.8 Å². The van der Waals surface area contributed by atoms with E-state index in [1.807, 2.05) is 11.8 Å². The van der Waals surface area contributed by atoms with Crippen LogP contribution in [0.5, 0.6) is 0 Å². The van der Waals surface area contributed by atoms with Gasteiger partial charge < -0.3 is 26.4 Å². The number of hydrogen-bond donors (Lipinski definition) is 0. The minimum absolute atomic E-state index is 0. The van der Waals surface area contributed by atoms with Gasteiger partial charge in [0.25, 0.3) is 0 Å². The van der Waals surface area contributed by atoms with Gasteiger partial charge in [0.2, 0.25) is 0 Å². The summed E-state index contributed by atoms with van der Waals surface area (Å²) < 4.78 is 0.868. The Labute approximate surface area is 178 Å². The maximum Gasteiger partial charge on any atom is 0.141 e. The van der Waals surface area contributed by atoms with Crippen molar-refractivity contribution in [2.75, 3.05) is 37.6 Å². The van der Waals surface area contributed by atoms with Gasteiger partial charge in [0.1, 0.15) is 13.1 Å². The van der Waals surface area contributed by atoms with Crippen LogP contribution in [-0.2, 0) is 0 Å². The normalized spacial score (nSPS) is 12.0. The quantitative estimate of drug-likeness (QED) is 0.514. The molecule has 0 aliphatic carbocycles. The largest absolute Gasteiger partial charge is 1.00 e. The predicted octanol–water partition coefficient (Wildman–Crippen LogP) is 1.79. The summed E-state index contributed by atoms with van der Waals surface area (Å²) in [5.74, 6) is 9.62. The highest BCUT2D eigenvalue weighted by atomic mass is 79.9. The Hall–Kier alpha value is -1.85. The van der Waals surface area contributed by atoms with E-state index >= 15 is 0 Å². The first-order valence-electron chi connectivity index (χ1n) is 9.10. The number of quaternary nitrogens is 1. The number of fused-ring (bicyclic) bond motifs is 2. The first-order chi connectivity index (χ1) is 12.7. The van der Waals surface area contributed by atoms with E-state index in [4.69, 9.17) is 6.42 Å². The van der Waals surface area contributed by atoms with E-state index in [2.05, 4.69) is 85.0 Å². The molecule has 0 atom stereocenters. The van der Waals surface area contributed by atoms with Crippen LogP contribution in [0.4, 0.5) is 11.4 Å². The lowest BCUT2D eigenvalue weighted by Gasteiger charge is -2.33. The Morgan fingerprint density at radius 1 is 0.889 bits per heavy atom. The summed E-state index contributed by atoms with van der Waals surface area (Å²) in [5.41, 5.74) is 2.47. The molecule has 27 heavy (non-hydrogen) atoms. The second kappa shape index (κ2) is 9.90. The highest BCUT2D eigenvalue weighted by Crippen LogP contribution is 2.47. The Morgan fingerprint density at radius 3 is 1.96 bits per heavy atom. The van der Waals surface area contributed by atoms with Crippen molar-refractivity contribution in [1.29, 1.82) is 0 Å². The van der Waals surface area contributed by atoms with Crippen LogP contribution in [0, 0.1) is 24.2 Å². The minimum atomic E-state index is 0. The Bertz CT molecular complexity index is 826.